The van der Waals surface area contributed by atoms with Gasteiger partial charge in [-0.15, -0.1) is 17.0 Å². The molecular formula is C6H13BrN2S. The number of thioether (sulfide) groups is 1. The molecule has 0 amide bonds. The number of hydrogen-bond acceptors (Lipinski definition) is 3. The van der Waals surface area contributed by atoms with Gasteiger partial charge in [0, 0.05) is 13.1 Å². The lowest BCUT2D eigenvalue weighted by Crippen LogP contribution is -2.26. The summed E-state index contributed by atoms with van der Waals surface area (Å²) in [5.41, 5.74) is 0. The molecule has 0 aromatic carbocycles. The average Bonchev–Trinajstić information content (AvgIpc) is 1.91. The molecule has 60 valence electrons. The van der Waals surface area contributed by atoms with Crippen molar-refractivity contribution in [2.24, 2.45) is 4.99 Å². The van der Waals surface area contributed by atoms with E-state index in [-0.39, 0.29) is 17.0 Å². The highest BCUT2D eigenvalue weighted by Gasteiger charge is 2.00. The standard InChI is InChI=1S/C6H12N2S.BrH/c1-2-9-6-7-4-3-5-8-6;/h2-5H2,1H3,(H,7,8);1H. The maximum absolute atomic E-state index is 4.29. The lowest BCUT2D eigenvalue weighted by Gasteiger charge is -2.12. The first-order valence-electron chi connectivity index (χ1n) is 3.34. The maximum atomic E-state index is 4.29. The molecule has 0 spiro atoms. The molecule has 0 aliphatic carbocycles. The van der Waals surface area contributed by atoms with E-state index in [1.54, 1.807) is 11.8 Å². The van der Waals surface area contributed by atoms with Crippen molar-refractivity contribution in [3.05, 3.63) is 0 Å². The smallest absolute Gasteiger partial charge is 0.156 e. The van der Waals surface area contributed by atoms with Crippen LogP contribution in [0.25, 0.3) is 0 Å². The number of nitrogens with one attached hydrogen (secondary N) is 1. The summed E-state index contributed by atoms with van der Waals surface area (Å²) >= 11 is 1.79. The highest BCUT2D eigenvalue weighted by Crippen LogP contribution is 2.03. The predicted octanol–water partition coefficient (Wildman–Crippen LogP) is 1.67. The van der Waals surface area contributed by atoms with E-state index in [9.17, 15) is 0 Å². The Labute approximate surface area is 76.6 Å². The minimum Gasteiger partial charge on any atom is -0.365 e. The van der Waals surface area contributed by atoms with Gasteiger partial charge in [0.2, 0.25) is 0 Å². The Morgan fingerprint density at radius 2 is 2.50 bits per heavy atom. The van der Waals surface area contributed by atoms with E-state index in [1.807, 2.05) is 0 Å². The zero-order valence-corrected chi connectivity index (χ0v) is 8.62. The number of rotatable bonds is 1. The average molecular weight is 225 g/mol. The maximum Gasteiger partial charge on any atom is 0.156 e. The molecule has 0 saturated carbocycles. The highest BCUT2D eigenvalue weighted by atomic mass is 79.9. The van der Waals surface area contributed by atoms with E-state index < -0.39 is 0 Å². The fraction of sp³-hybridized carbons (Fsp3) is 0.833. The summed E-state index contributed by atoms with van der Waals surface area (Å²) in [5.74, 6) is 1.12. The van der Waals surface area contributed by atoms with Crippen LogP contribution in [0.15, 0.2) is 4.99 Å². The summed E-state index contributed by atoms with van der Waals surface area (Å²) in [6.45, 7) is 4.25. The Morgan fingerprint density at radius 1 is 1.70 bits per heavy atom. The molecule has 0 radical (unpaired) electrons. The third-order valence-corrected chi connectivity index (χ3v) is 1.98. The van der Waals surface area contributed by atoms with Crippen LogP contribution in [-0.4, -0.2) is 24.0 Å². The van der Waals surface area contributed by atoms with E-state index in [4.69, 9.17) is 0 Å². The summed E-state index contributed by atoms with van der Waals surface area (Å²) in [7, 11) is 0. The Bertz CT molecular complexity index is 116. The molecule has 4 heteroatoms. The van der Waals surface area contributed by atoms with E-state index in [0.717, 1.165) is 24.0 Å². The summed E-state index contributed by atoms with van der Waals surface area (Å²) in [6, 6.07) is 0. The molecular weight excluding hydrogens is 212 g/mol. The van der Waals surface area contributed by atoms with Crippen LogP contribution in [0.3, 0.4) is 0 Å². The van der Waals surface area contributed by atoms with Crippen LogP contribution in [0.2, 0.25) is 0 Å². The molecule has 0 aromatic heterocycles. The van der Waals surface area contributed by atoms with Gasteiger partial charge in [0.05, 0.1) is 0 Å². The van der Waals surface area contributed by atoms with Gasteiger partial charge in [0.1, 0.15) is 0 Å². The minimum absolute atomic E-state index is 0. The molecule has 1 aliphatic heterocycles. The van der Waals surface area contributed by atoms with Crippen LogP contribution in [-0.2, 0) is 0 Å². The Balaban J connectivity index is 0.000000810. The first-order chi connectivity index (χ1) is 4.43. The van der Waals surface area contributed by atoms with Crippen LogP contribution >= 0.6 is 28.7 Å². The van der Waals surface area contributed by atoms with Gasteiger partial charge in [0.25, 0.3) is 0 Å². The van der Waals surface area contributed by atoms with Crippen molar-refractivity contribution in [3.8, 4) is 0 Å². The van der Waals surface area contributed by atoms with Gasteiger partial charge in [-0.2, -0.15) is 0 Å². The van der Waals surface area contributed by atoms with Crippen LogP contribution in [0.4, 0.5) is 0 Å². The molecule has 10 heavy (non-hydrogen) atoms. The Kier molecular flexibility index (Phi) is 6.22. The van der Waals surface area contributed by atoms with Crippen molar-refractivity contribution in [1.82, 2.24) is 5.32 Å². The first-order valence-corrected chi connectivity index (χ1v) is 4.33. The van der Waals surface area contributed by atoms with E-state index in [2.05, 4.69) is 17.2 Å². The molecule has 1 rings (SSSR count). The van der Waals surface area contributed by atoms with Gasteiger partial charge in [-0.3, -0.25) is 4.99 Å². The molecule has 0 aromatic rings. The Hall–Kier alpha value is 0.300. The van der Waals surface area contributed by atoms with Gasteiger partial charge >= 0.3 is 0 Å². The first kappa shape index (κ1) is 10.3. The SMILES string of the molecule is Br.CCSC1=NCCCN1. The summed E-state index contributed by atoms with van der Waals surface area (Å²) in [5, 5.41) is 4.36. The summed E-state index contributed by atoms with van der Waals surface area (Å²) in [6.07, 6.45) is 1.19. The Morgan fingerprint density at radius 3 is 3.00 bits per heavy atom. The van der Waals surface area contributed by atoms with E-state index in [0.29, 0.717) is 0 Å². The number of hydrogen-bond donors (Lipinski definition) is 1. The number of amidine groups is 1. The van der Waals surface area contributed by atoms with Gasteiger partial charge < -0.3 is 5.32 Å². The molecule has 1 N–H and O–H groups in total. The second-order valence-corrected chi connectivity index (χ2v) is 3.15. The van der Waals surface area contributed by atoms with Crippen LogP contribution in [0.5, 0.6) is 0 Å². The minimum atomic E-state index is 0. The van der Waals surface area contributed by atoms with Crippen LogP contribution in [0, 0.1) is 0 Å². The van der Waals surface area contributed by atoms with E-state index in [1.165, 1.54) is 6.42 Å². The van der Waals surface area contributed by atoms with E-state index >= 15 is 0 Å². The zero-order chi connectivity index (χ0) is 6.53. The largest absolute Gasteiger partial charge is 0.365 e. The second-order valence-electron chi connectivity index (χ2n) is 1.90. The van der Waals surface area contributed by atoms with Gasteiger partial charge in [-0.05, 0) is 12.2 Å². The lowest BCUT2D eigenvalue weighted by molar-refractivity contribution is 0.751. The number of aliphatic imine (C=N–C) groups is 1. The molecule has 1 aliphatic rings. The molecule has 0 bridgehead atoms. The summed E-state index contributed by atoms with van der Waals surface area (Å²) < 4.78 is 0. The fourth-order valence-corrected chi connectivity index (χ4v) is 1.40. The van der Waals surface area contributed by atoms with Crippen LogP contribution < -0.4 is 5.32 Å². The number of halogens is 1. The van der Waals surface area contributed by atoms with Crippen molar-refractivity contribution in [2.75, 3.05) is 18.8 Å². The third-order valence-electron chi connectivity index (χ3n) is 1.15. The van der Waals surface area contributed by atoms with Crippen molar-refractivity contribution >= 4 is 33.9 Å². The van der Waals surface area contributed by atoms with Crippen molar-refractivity contribution in [3.63, 3.8) is 0 Å². The van der Waals surface area contributed by atoms with Crippen molar-refractivity contribution in [2.45, 2.75) is 13.3 Å². The topological polar surface area (TPSA) is 24.4 Å². The summed E-state index contributed by atoms with van der Waals surface area (Å²) in [4.78, 5) is 4.29. The zero-order valence-electron chi connectivity index (χ0n) is 6.09. The predicted molar refractivity (Wildman–Crippen MR) is 53.4 cm³/mol. The highest BCUT2D eigenvalue weighted by molar-refractivity contribution is 8.93. The molecule has 0 fully saturated rings. The monoisotopic (exact) mass is 224 g/mol. The third kappa shape index (κ3) is 3.46. The molecule has 0 atom stereocenters. The van der Waals surface area contributed by atoms with Gasteiger partial charge in [-0.25, -0.2) is 0 Å². The second kappa shape index (κ2) is 6.04. The lowest BCUT2D eigenvalue weighted by atomic mass is 10.4. The van der Waals surface area contributed by atoms with Crippen molar-refractivity contribution < 1.29 is 0 Å². The van der Waals surface area contributed by atoms with Gasteiger partial charge in [-0.1, -0.05) is 18.7 Å². The molecule has 1 heterocycles. The fourth-order valence-electron chi connectivity index (χ4n) is 0.744. The quantitative estimate of drug-likeness (QED) is 0.734. The normalized spacial score (nSPS) is 16.7. The number of nitrogens with zero attached hydrogens (tertiary/aromatic N) is 1. The van der Waals surface area contributed by atoms with Crippen molar-refractivity contribution in [1.29, 1.82) is 0 Å². The van der Waals surface area contributed by atoms with Gasteiger partial charge in [0.15, 0.2) is 5.17 Å². The molecule has 2 nitrogen and oxygen atoms in total. The van der Waals surface area contributed by atoms with Crippen LogP contribution in [0.1, 0.15) is 13.3 Å². The molecule has 0 unspecified atom stereocenters. The molecule has 0 saturated heterocycles.